The van der Waals surface area contributed by atoms with E-state index in [9.17, 15) is 5.11 Å². The molecular formula is C19H21N3O. The summed E-state index contributed by atoms with van der Waals surface area (Å²) in [5.74, 6) is 0.761. The Labute approximate surface area is 136 Å². The van der Waals surface area contributed by atoms with Gasteiger partial charge in [0.2, 0.25) is 5.88 Å². The normalized spacial score (nSPS) is 11.8. The van der Waals surface area contributed by atoms with E-state index in [2.05, 4.69) is 24.1 Å². The number of aromatic hydroxyl groups is 1. The van der Waals surface area contributed by atoms with E-state index in [1.165, 1.54) is 0 Å². The Hall–Kier alpha value is -2.62. The van der Waals surface area contributed by atoms with Gasteiger partial charge in [0.15, 0.2) is 5.69 Å². The Morgan fingerprint density at radius 2 is 1.65 bits per heavy atom. The van der Waals surface area contributed by atoms with Crippen molar-refractivity contribution in [1.29, 1.82) is 0 Å². The molecule has 4 heteroatoms. The molecule has 1 heterocycles. The third kappa shape index (κ3) is 3.26. The SMILES string of the molecule is CC(C)CCn1c(O)c(N=Nc2ccccc2)c2ccccc21. The number of hydrogen-bond acceptors (Lipinski definition) is 3. The van der Waals surface area contributed by atoms with Crippen LogP contribution in [0.25, 0.3) is 10.9 Å². The number of fused-ring (bicyclic) bond motifs is 1. The minimum absolute atomic E-state index is 0.187. The number of azo groups is 1. The highest BCUT2D eigenvalue weighted by atomic mass is 16.3. The van der Waals surface area contributed by atoms with Crippen molar-refractivity contribution in [3.63, 3.8) is 0 Å². The lowest BCUT2D eigenvalue weighted by Crippen LogP contribution is -2.00. The molecule has 2 aromatic carbocycles. The quantitative estimate of drug-likeness (QED) is 0.594. The second kappa shape index (κ2) is 6.65. The summed E-state index contributed by atoms with van der Waals surface area (Å²) in [7, 11) is 0. The molecule has 0 radical (unpaired) electrons. The van der Waals surface area contributed by atoms with E-state index in [1.54, 1.807) is 0 Å². The topological polar surface area (TPSA) is 49.9 Å². The Bertz CT molecular complexity index is 819. The molecule has 0 saturated carbocycles. The van der Waals surface area contributed by atoms with Crippen molar-refractivity contribution in [2.24, 2.45) is 16.1 Å². The van der Waals surface area contributed by atoms with Crippen molar-refractivity contribution in [2.45, 2.75) is 26.8 Å². The summed E-state index contributed by atoms with van der Waals surface area (Å²) in [5, 5.41) is 20.1. The first kappa shape index (κ1) is 15.3. The monoisotopic (exact) mass is 307 g/mol. The molecule has 3 aromatic rings. The second-order valence-electron chi connectivity index (χ2n) is 6.06. The maximum Gasteiger partial charge on any atom is 0.220 e. The zero-order chi connectivity index (χ0) is 16.2. The Morgan fingerprint density at radius 1 is 0.957 bits per heavy atom. The summed E-state index contributed by atoms with van der Waals surface area (Å²) in [5.41, 5.74) is 2.30. The van der Waals surface area contributed by atoms with E-state index < -0.39 is 0 Å². The molecule has 1 aromatic heterocycles. The smallest absolute Gasteiger partial charge is 0.220 e. The molecule has 3 rings (SSSR count). The van der Waals surface area contributed by atoms with Crippen LogP contribution in [-0.2, 0) is 6.54 Å². The van der Waals surface area contributed by atoms with Gasteiger partial charge in [-0.3, -0.25) is 0 Å². The molecule has 4 nitrogen and oxygen atoms in total. The van der Waals surface area contributed by atoms with E-state index in [-0.39, 0.29) is 5.88 Å². The van der Waals surface area contributed by atoms with E-state index in [0.717, 1.165) is 29.6 Å². The van der Waals surface area contributed by atoms with Crippen molar-refractivity contribution in [2.75, 3.05) is 0 Å². The van der Waals surface area contributed by atoms with Crippen LogP contribution in [0.2, 0.25) is 0 Å². The molecule has 0 aliphatic carbocycles. The number of benzene rings is 2. The molecular weight excluding hydrogens is 286 g/mol. The molecule has 0 amide bonds. The van der Waals surface area contributed by atoms with Crippen molar-refractivity contribution in [1.82, 2.24) is 4.57 Å². The highest BCUT2D eigenvalue weighted by Gasteiger charge is 2.16. The van der Waals surface area contributed by atoms with Crippen molar-refractivity contribution >= 4 is 22.3 Å². The fraction of sp³-hybridized carbons (Fsp3) is 0.263. The predicted molar refractivity (Wildman–Crippen MR) is 93.7 cm³/mol. The Kier molecular flexibility index (Phi) is 4.42. The first-order chi connectivity index (χ1) is 11.2. The number of hydrogen-bond donors (Lipinski definition) is 1. The van der Waals surface area contributed by atoms with Gasteiger partial charge >= 0.3 is 0 Å². The van der Waals surface area contributed by atoms with Crippen LogP contribution in [0.4, 0.5) is 11.4 Å². The average Bonchev–Trinajstić information content (AvgIpc) is 2.83. The van der Waals surface area contributed by atoms with Gasteiger partial charge < -0.3 is 9.67 Å². The molecule has 0 saturated heterocycles. The van der Waals surface area contributed by atoms with Gasteiger partial charge in [0.05, 0.1) is 11.2 Å². The molecule has 0 fully saturated rings. The summed E-state index contributed by atoms with van der Waals surface area (Å²) < 4.78 is 1.93. The van der Waals surface area contributed by atoms with E-state index >= 15 is 0 Å². The third-order valence-electron chi connectivity index (χ3n) is 3.87. The largest absolute Gasteiger partial charge is 0.493 e. The third-order valence-corrected chi connectivity index (χ3v) is 3.87. The number of aryl methyl sites for hydroxylation is 1. The Balaban J connectivity index is 2.03. The second-order valence-corrected chi connectivity index (χ2v) is 6.06. The predicted octanol–water partition coefficient (Wildman–Crippen LogP) is 5.81. The minimum atomic E-state index is 0.187. The number of aromatic nitrogens is 1. The highest BCUT2D eigenvalue weighted by Crippen LogP contribution is 2.39. The van der Waals surface area contributed by atoms with Gasteiger partial charge in [0, 0.05) is 11.9 Å². The van der Waals surface area contributed by atoms with Crippen LogP contribution in [0, 0.1) is 5.92 Å². The molecule has 0 aliphatic heterocycles. The lowest BCUT2D eigenvalue weighted by Gasteiger charge is -2.08. The first-order valence-electron chi connectivity index (χ1n) is 7.94. The van der Waals surface area contributed by atoms with Crippen LogP contribution < -0.4 is 0 Å². The van der Waals surface area contributed by atoms with Crippen LogP contribution in [0.15, 0.2) is 64.8 Å². The standard InChI is InChI=1S/C19H21N3O/c1-14(2)12-13-22-17-11-7-6-10-16(17)18(19(22)23)21-20-15-8-4-3-5-9-15/h3-11,14,23H,12-13H2,1-2H3. The molecule has 0 aliphatic rings. The summed E-state index contributed by atoms with van der Waals surface area (Å²) in [6.07, 6.45) is 1.00. The van der Waals surface area contributed by atoms with Gasteiger partial charge in [-0.15, -0.1) is 5.11 Å². The molecule has 0 unspecified atom stereocenters. The maximum atomic E-state index is 10.6. The zero-order valence-corrected chi connectivity index (χ0v) is 13.5. The summed E-state index contributed by atoms with van der Waals surface area (Å²) in [4.78, 5) is 0. The van der Waals surface area contributed by atoms with Gasteiger partial charge in [-0.2, -0.15) is 5.11 Å². The van der Waals surface area contributed by atoms with Crippen LogP contribution in [-0.4, -0.2) is 9.67 Å². The lowest BCUT2D eigenvalue weighted by molar-refractivity contribution is 0.407. The van der Waals surface area contributed by atoms with Gasteiger partial charge in [-0.1, -0.05) is 50.2 Å². The van der Waals surface area contributed by atoms with Gasteiger partial charge in [0.25, 0.3) is 0 Å². The van der Waals surface area contributed by atoms with Crippen LogP contribution in [0.1, 0.15) is 20.3 Å². The minimum Gasteiger partial charge on any atom is -0.493 e. The number of rotatable bonds is 5. The maximum absolute atomic E-state index is 10.6. The zero-order valence-electron chi connectivity index (χ0n) is 13.5. The summed E-state index contributed by atoms with van der Waals surface area (Å²) in [6, 6.07) is 17.5. The summed E-state index contributed by atoms with van der Waals surface area (Å²) >= 11 is 0. The number of para-hydroxylation sites is 1. The van der Waals surface area contributed by atoms with E-state index in [0.29, 0.717) is 11.6 Å². The van der Waals surface area contributed by atoms with Crippen LogP contribution >= 0.6 is 0 Å². The van der Waals surface area contributed by atoms with Crippen LogP contribution in [0.5, 0.6) is 5.88 Å². The molecule has 0 atom stereocenters. The fourth-order valence-electron chi connectivity index (χ4n) is 2.59. The van der Waals surface area contributed by atoms with Gasteiger partial charge in [-0.25, -0.2) is 0 Å². The molecule has 0 bridgehead atoms. The van der Waals surface area contributed by atoms with E-state index in [4.69, 9.17) is 0 Å². The van der Waals surface area contributed by atoms with Crippen molar-refractivity contribution in [3.05, 3.63) is 54.6 Å². The molecule has 1 N–H and O–H groups in total. The fourth-order valence-corrected chi connectivity index (χ4v) is 2.59. The van der Waals surface area contributed by atoms with Gasteiger partial charge in [0.1, 0.15) is 0 Å². The first-order valence-corrected chi connectivity index (χ1v) is 7.94. The molecule has 118 valence electrons. The average molecular weight is 307 g/mol. The molecule has 23 heavy (non-hydrogen) atoms. The van der Waals surface area contributed by atoms with Crippen molar-refractivity contribution < 1.29 is 5.11 Å². The van der Waals surface area contributed by atoms with Crippen molar-refractivity contribution in [3.8, 4) is 5.88 Å². The molecule has 0 spiro atoms. The summed E-state index contributed by atoms with van der Waals surface area (Å²) in [6.45, 7) is 5.13. The Morgan fingerprint density at radius 3 is 2.39 bits per heavy atom. The highest BCUT2D eigenvalue weighted by molar-refractivity contribution is 5.95. The number of nitrogens with zero attached hydrogens (tertiary/aromatic N) is 3. The van der Waals surface area contributed by atoms with Crippen LogP contribution in [0.3, 0.4) is 0 Å². The lowest BCUT2D eigenvalue weighted by atomic mass is 10.1. The van der Waals surface area contributed by atoms with Gasteiger partial charge in [-0.05, 0) is 30.5 Å². The van der Waals surface area contributed by atoms with E-state index in [1.807, 2.05) is 59.2 Å².